The Bertz CT molecular complexity index is 1040. The first-order valence-electron chi connectivity index (χ1n) is 11.0. The number of morpholine rings is 1. The van der Waals surface area contributed by atoms with Gasteiger partial charge in [0, 0.05) is 31.7 Å². The Morgan fingerprint density at radius 1 is 1.00 bits per heavy atom. The fourth-order valence-corrected chi connectivity index (χ4v) is 5.73. The van der Waals surface area contributed by atoms with Gasteiger partial charge in [0.15, 0.2) is 0 Å². The zero-order chi connectivity index (χ0) is 22.6. The second-order valence-corrected chi connectivity index (χ2v) is 10.3. The van der Waals surface area contributed by atoms with Crippen LogP contribution in [0.15, 0.2) is 53.4 Å². The van der Waals surface area contributed by atoms with Gasteiger partial charge in [-0.05, 0) is 41.7 Å². The third-order valence-corrected chi connectivity index (χ3v) is 8.26. The van der Waals surface area contributed by atoms with Gasteiger partial charge in [0.25, 0.3) is 0 Å². The highest BCUT2D eigenvalue weighted by Crippen LogP contribution is 2.27. The number of nitrogens with zero attached hydrogens (tertiary/aromatic N) is 2. The van der Waals surface area contributed by atoms with Gasteiger partial charge in [-0.25, -0.2) is 8.42 Å². The van der Waals surface area contributed by atoms with Crippen LogP contribution in [0.3, 0.4) is 0 Å². The first kappa shape index (κ1) is 22.9. The Morgan fingerprint density at radius 2 is 1.62 bits per heavy atom. The van der Waals surface area contributed by atoms with E-state index in [0.717, 1.165) is 23.1 Å². The molecule has 2 N–H and O–H groups in total. The Labute approximate surface area is 189 Å². The Balaban J connectivity index is 1.44. The Kier molecular flexibility index (Phi) is 7.23. The van der Waals surface area contributed by atoms with Crippen LogP contribution in [0.4, 0.5) is 0 Å². The molecule has 0 amide bonds. The minimum absolute atomic E-state index is 0.0000656. The average Bonchev–Trinajstić information content (AvgIpc) is 2.84. The first-order chi connectivity index (χ1) is 15.5. The van der Waals surface area contributed by atoms with Crippen LogP contribution < -0.4 is 5.73 Å². The predicted molar refractivity (Wildman–Crippen MR) is 121 cm³/mol. The van der Waals surface area contributed by atoms with Crippen molar-refractivity contribution >= 4 is 10.0 Å². The van der Waals surface area contributed by atoms with E-state index in [1.54, 1.807) is 12.1 Å². The number of benzene rings is 2. The molecular formula is C24H29N3O4S. The van der Waals surface area contributed by atoms with Crippen molar-refractivity contribution in [3.8, 4) is 17.2 Å². The second kappa shape index (κ2) is 10.1. The van der Waals surface area contributed by atoms with Gasteiger partial charge in [0.05, 0.1) is 36.7 Å². The summed E-state index contributed by atoms with van der Waals surface area (Å²) < 4.78 is 37.8. The molecule has 0 saturated carbocycles. The second-order valence-electron chi connectivity index (χ2n) is 8.37. The lowest BCUT2D eigenvalue weighted by molar-refractivity contribution is 0.0270. The SMILES string of the molecule is N#CC(Cc1ccc(-c2ccc(S(=O)(=O)N3CCOCC3)cc2)cc1)C1COCCC1N. The van der Waals surface area contributed by atoms with Crippen molar-refractivity contribution in [1.29, 1.82) is 5.26 Å². The van der Waals surface area contributed by atoms with Crippen molar-refractivity contribution in [2.45, 2.75) is 23.8 Å². The van der Waals surface area contributed by atoms with Gasteiger partial charge in [-0.15, -0.1) is 0 Å². The summed E-state index contributed by atoms with van der Waals surface area (Å²) in [5, 5.41) is 9.66. The molecule has 3 atom stereocenters. The van der Waals surface area contributed by atoms with Crippen molar-refractivity contribution < 1.29 is 17.9 Å². The largest absolute Gasteiger partial charge is 0.381 e. The molecule has 2 aliphatic rings. The quantitative estimate of drug-likeness (QED) is 0.717. The van der Waals surface area contributed by atoms with E-state index in [-0.39, 0.29) is 17.9 Å². The van der Waals surface area contributed by atoms with Gasteiger partial charge in [-0.2, -0.15) is 9.57 Å². The van der Waals surface area contributed by atoms with Gasteiger partial charge < -0.3 is 15.2 Å². The van der Waals surface area contributed by atoms with E-state index in [2.05, 4.69) is 6.07 Å². The van der Waals surface area contributed by atoms with Crippen LogP contribution in [-0.2, 0) is 25.9 Å². The normalized spacial score (nSPS) is 23.4. The molecule has 170 valence electrons. The molecule has 0 radical (unpaired) electrons. The topological polar surface area (TPSA) is 106 Å². The van der Waals surface area contributed by atoms with Crippen molar-refractivity contribution in [3.63, 3.8) is 0 Å². The summed E-state index contributed by atoms with van der Waals surface area (Å²) in [6, 6.07) is 17.4. The summed E-state index contributed by atoms with van der Waals surface area (Å²) >= 11 is 0. The van der Waals surface area contributed by atoms with E-state index in [9.17, 15) is 13.7 Å². The Morgan fingerprint density at radius 3 is 2.22 bits per heavy atom. The van der Waals surface area contributed by atoms with Crippen LogP contribution >= 0.6 is 0 Å². The molecule has 0 aromatic heterocycles. The lowest BCUT2D eigenvalue weighted by Gasteiger charge is -2.31. The Hall–Kier alpha value is -2.28. The molecule has 2 saturated heterocycles. The van der Waals surface area contributed by atoms with E-state index in [0.29, 0.717) is 50.8 Å². The standard InChI is InChI=1S/C24H29N3O4S/c25-16-21(23-17-31-12-9-24(23)26)15-18-1-3-19(4-2-18)20-5-7-22(8-6-20)32(28,29)27-10-13-30-14-11-27/h1-8,21,23-24H,9-15,17,26H2. The van der Waals surface area contributed by atoms with Gasteiger partial charge >= 0.3 is 0 Å². The molecule has 0 aliphatic carbocycles. The number of hydrogen-bond donors (Lipinski definition) is 1. The zero-order valence-electron chi connectivity index (χ0n) is 18.0. The maximum Gasteiger partial charge on any atom is 0.243 e. The van der Waals surface area contributed by atoms with E-state index in [1.165, 1.54) is 4.31 Å². The summed E-state index contributed by atoms with van der Waals surface area (Å²) in [7, 11) is -3.50. The van der Waals surface area contributed by atoms with Gasteiger partial charge in [-0.1, -0.05) is 36.4 Å². The van der Waals surface area contributed by atoms with E-state index < -0.39 is 10.0 Å². The van der Waals surface area contributed by atoms with Gasteiger partial charge in [0.2, 0.25) is 10.0 Å². The molecule has 4 rings (SSSR count). The van der Waals surface area contributed by atoms with Crippen LogP contribution in [0.25, 0.3) is 11.1 Å². The average molecular weight is 456 g/mol. The van der Waals surface area contributed by atoms with Crippen LogP contribution in [0.1, 0.15) is 12.0 Å². The smallest absolute Gasteiger partial charge is 0.243 e. The number of hydrogen-bond acceptors (Lipinski definition) is 6. The lowest BCUT2D eigenvalue weighted by atomic mass is 9.81. The van der Waals surface area contributed by atoms with E-state index >= 15 is 0 Å². The minimum atomic E-state index is -3.50. The van der Waals surface area contributed by atoms with Gasteiger partial charge in [-0.3, -0.25) is 0 Å². The van der Waals surface area contributed by atoms with Crippen LogP contribution in [-0.4, -0.2) is 58.3 Å². The van der Waals surface area contributed by atoms with E-state index in [1.807, 2.05) is 36.4 Å². The molecule has 2 aromatic carbocycles. The third-order valence-electron chi connectivity index (χ3n) is 6.34. The molecule has 2 aromatic rings. The lowest BCUT2D eigenvalue weighted by Crippen LogP contribution is -2.42. The molecular weight excluding hydrogens is 426 g/mol. The van der Waals surface area contributed by atoms with E-state index in [4.69, 9.17) is 15.2 Å². The molecule has 0 spiro atoms. The summed E-state index contributed by atoms with van der Waals surface area (Å²) in [5.41, 5.74) is 9.23. The maximum atomic E-state index is 12.8. The van der Waals surface area contributed by atoms with Crippen molar-refractivity contribution in [3.05, 3.63) is 54.1 Å². The summed E-state index contributed by atoms with van der Waals surface area (Å²) in [4.78, 5) is 0.294. The first-order valence-corrected chi connectivity index (χ1v) is 12.4. The van der Waals surface area contributed by atoms with Crippen LogP contribution in [0.5, 0.6) is 0 Å². The summed E-state index contributed by atoms with van der Waals surface area (Å²) in [5.74, 6) is -0.129. The highest BCUT2D eigenvalue weighted by atomic mass is 32.2. The molecule has 3 unspecified atom stereocenters. The molecule has 8 heteroatoms. The van der Waals surface area contributed by atoms with Crippen LogP contribution in [0.2, 0.25) is 0 Å². The molecule has 2 heterocycles. The predicted octanol–water partition coefficient (Wildman–Crippen LogP) is 2.42. The van der Waals surface area contributed by atoms with Crippen molar-refractivity contribution in [2.24, 2.45) is 17.6 Å². The minimum Gasteiger partial charge on any atom is -0.381 e. The number of sulfonamides is 1. The third kappa shape index (κ3) is 5.03. The fraction of sp³-hybridized carbons (Fsp3) is 0.458. The molecule has 2 fully saturated rings. The van der Waals surface area contributed by atoms with Crippen molar-refractivity contribution in [2.75, 3.05) is 39.5 Å². The molecule has 2 aliphatic heterocycles. The summed E-state index contributed by atoms with van der Waals surface area (Å²) in [6.45, 7) is 2.82. The monoisotopic (exact) mass is 455 g/mol. The van der Waals surface area contributed by atoms with Crippen molar-refractivity contribution in [1.82, 2.24) is 4.31 Å². The van der Waals surface area contributed by atoms with Crippen LogP contribution in [0, 0.1) is 23.2 Å². The molecule has 0 bridgehead atoms. The number of ether oxygens (including phenoxy) is 2. The summed E-state index contributed by atoms with van der Waals surface area (Å²) in [6.07, 6.45) is 1.42. The van der Waals surface area contributed by atoms with Gasteiger partial charge in [0.1, 0.15) is 0 Å². The fourth-order valence-electron chi connectivity index (χ4n) is 4.33. The molecule has 7 nitrogen and oxygen atoms in total. The maximum absolute atomic E-state index is 12.8. The zero-order valence-corrected chi connectivity index (χ0v) is 18.8. The number of nitrogens with two attached hydrogens (primary N) is 1. The number of rotatable bonds is 6. The molecule has 32 heavy (non-hydrogen) atoms. The highest BCUT2D eigenvalue weighted by Gasteiger charge is 2.30. The number of nitriles is 1. The highest BCUT2D eigenvalue weighted by molar-refractivity contribution is 7.89.